The van der Waals surface area contributed by atoms with Crippen LogP contribution in [0.25, 0.3) is 44.6 Å². The minimum absolute atomic E-state index is 0.0830. The monoisotopic (exact) mass is 1120 g/mol. The van der Waals surface area contributed by atoms with Gasteiger partial charge in [0.1, 0.15) is 50.6 Å². The van der Waals surface area contributed by atoms with Crippen LogP contribution in [0.3, 0.4) is 0 Å². The van der Waals surface area contributed by atoms with Gasteiger partial charge in [-0.05, 0) is 48.0 Å². The molecule has 0 saturated carbocycles. The van der Waals surface area contributed by atoms with Crippen molar-refractivity contribution in [3.05, 3.63) is 143 Å². The Morgan fingerprint density at radius 1 is 0.578 bits per heavy atom. The number of aromatic amines is 2. The van der Waals surface area contributed by atoms with Crippen molar-refractivity contribution in [2.45, 2.75) is 38.9 Å². The van der Waals surface area contributed by atoms with Crippen LogP contribution in [0.15, 0.2) is 109 Å². The number of carbonyl (C=O) groups is 6. The molecule has 10 rings (SSSR count). The molecule has 0 spiro atoms. The summed E-state index contributed by atoms with van der Waals surface area (Å²) in [7, 11) is 2.84. The van der Waals surface area contributed by atoms with E-state index in [4.69, 9.17) is 18.9 Å². The lowest BCUT2D eigenvalue weighted by atomic mass is 9.93. The number of piperidine rings is 2. The minimum atomic E-state index is -0.743. The lowest BCUT2D eigenvalue weighted by Crippen LogP contribution is -2.40. The number of benzene rings is 2. The van der Waals surface area contributed by atoms with E-state index in [1.165, 1.54) is 70.8 Å². The second-order valence-electron chi connectivity index (χ2n) is 18.9. The molecule has 0 unspecified atom stereocenters. The van der Waals surface area contributed by atoms with Gasteiger partial charge in [-0.25, -0.2) is 29.3 Å². The summed E-state index contributed by atoms with van der Waals surface area (Å²) in [5.74, 6) is -2.58. The first-order valence-corrected chi connectivity index (χ1v) is 26.1. The second-order valence-corrected chi connectivity index (χ2v) is 18.9. The number of nitrogens with one attached hydrogen (secondary N) is 4. The number of fused-ring (bicyclic) bond motifs is 2. The van der Waals surface area contributed by atoms with Crippen LogP contribution < -0.4 is 20.1 Å². The van der Waals surface area contributed by atoms with Crippen LogP contribution in [0.4, 0.5) is 0 Å². The number of amides is 4. The van der Waals surface area contributed by atoms with Gasteiger partial charge in [0.25, 0.3) is 23.4 Å². The van der Waals surface area contributed by atoms with E-state index >= 15 is 0 Å². The lowest BCUT2D eigenvalue weighted by Gasteiger charge is -2.28. The highest BCUT2D eigenvalue weighted by atomic mass is 16.5. The molecule has 4 N–H and O–H groups in total. The van der Waals surface area contributed by atoms with Gasteiger partial charge in [-0.1, -0.05) is 60.7 Å². The largest absolute Gasteiger partial charge is 0.494 e. The zero-order chi connectivity index (χ0) is 58.0. The van der Waals surface area contributed by atoms with Crippen molar-refractivity contribution < 1.29 is 47.7 Å². The Balaban J connectivity index is 0.665. The molecule has 4 amide bonds. The van der Waals surface area contributed by atoms with Crippen LogP contribution in [-0.4, -0.2) is 155 Å². The molecule has 8 heterocycles. The second kappa shape index (κ2) is 25.2. The van der Waals surface area contributed by atoms with Crippen LogP contribution >= 0.6 is 0 Å². The van der Waals surface area contributed by atoms with Crippen LogP contribution in [0.5, 0.6) is 11.5 Å². The molecule has 2 aliphatic rings. The van der Waals surface area contributed by atoms with Gasteiger partial charge in [0, 0.05) is 38.6 Å². The SMILES string of the molecule is COc1cnc(-n2cnc(COCC(=O)NCNC(=O)COCc3ncn(-c4ncc(OC)c5c(C(=O)C(=O)N6CCC(=C(C#N)c7ccccc7)CC6)c[nH]c45)n3)n2)c2[nH]cc(C(=O)C(=O)N3CCC(=C(C#N)c4ccccc4)CC3)c12. The third-order valence-corrected chi connectivity index (χ3v) is 14.0. The summed E-state index contributed by atoms with van der Waals surface area (Å²) in [6.45, 7) is -0.281. The average Bonchev–Trinajstić information content (AvgIpc) is 3.28. The fourth-order valence-electron chi connectivity index (χ4n) is 9.85. The van der Waals surface area contributed by atoms with Gasteiger partial charge < -0.3 is 49.3 Å². The molecular formula is C57H52N16O10. The molecule has 2 saturated heterocycles. The van der Waals surface area contributed by atoms with E-state index < -0.39 is 48.4 Å². The zero-order valence-corrected chi connectivity index (χ0v) is 44.9. The van der Waals surface area contributed by atoms with E-state index in [1.54, 1.807) is 0 Å². The third kappa shape index (κ3) is 11.9. The van der Waals surface area contributed by atoms with Crippen molar-refractivity contribution in [3.63, 3.8) is 0 Å². The quantitative estimate of drug-likeness (QED) is 0.0361. The molecule has 2 fully saturated rings. The van der Waals surface area contributed by atoms with Crippen molar-refractivity contribution in [1.29, 1.82) is 10.5 Å². The number of Topliss-reactive ketones (excluding diaryl/α,β-unsaturated/α-hetero) is 2. The molecular weight excluding hydrogens is 1070 g/mol. The fraction of sp³-hybridized carbons (Fsp3) is 0.263. The topological polar surface area (TPSA) is 336 Å². The smallest absolute Gasteiger partial charge is 0.295 e. The number of nitriles is 2. The summed E-state index contributed by atoms with van der Waals surface area (Å²) in [4.78, 5) is 106. The number of aromatic nitrogens is 10. The Morgan fingerprint density at radius 2 is 0.976 bits per heavy atom. The van der Waals surface area contributed by atoms with Gasteiger partial charge >= 0.3 is 0 Å². The predicted molar refractivity (Wildman–Crippen MR) is 294 cm³/mol. The Hall–Kier alpha value is -10.7. The number of carbonyl (C=O) groups excluding carboxylic acids is 6. The molecule has 2 aliphatic heterocycles. The summed E-state index contributed by atoms with van der Waals surface area (Å²) in [5, 5.41) is 34.3. The number of H-pyrrole nitrogens is 2. The molecule has 8 aromatic rings. The van der Waals surface area contributed by atoms with Gasteiger partial charge in [-0.2, -0.15) is 10.5 Å². The first kappa shape index (κ1) is 55.6. The van der Waals surface area contributed by atoms with E-state index in [-0.39, 0.29) is 92.0 Å². The Labute approximate surface area is 472 Å². The van der Waals surface area contributed by atoms with Gasteiger partial charge in [-0.3, -0.25) is 28.8 Å². The zero-order valence-electron chi connectivity index (χ0n) is 44.9. The number of nitrogens with zero attached hydrogens (tertiary/aromatic N) is 12. The Kier molecular flexibility index (Phi) is 16.9. The molecule has 26 nitrogen and oxygen atoms in total. The number of hydrogen-bond donors (Lipinski definition) is 4. The average molecular weight is 1120 g/mol. The van der Waals surface area contributed by atoms with Crippen molar-refractivity contribution in [2.24, 2.45) is 0 Å². The standard InChI is InChI=1S/C57H52N16O10/c1-80-42-25-62-54(50-48(42)40(23-60-50)52(76)56(78)70-17-13-36(14-18-70)38(21-58)34-9-5-3-6-10-34)72-32-66-44(68-72)27-82-29-46(74)64-31-65-47(75)30-83-28-45-67-33-73(69-45)55-51-49(43(81-2)26-63-55)41(24-61-51)53(77)57(79)71-19-15-37(16-20-71)39(22-59)35-11-7-4-8-12-35/h3-12,23-26,32-33,60-61H,13-20,27-31H2,1-2H3,(H,64,74)(H,65,75). The Morgan fingerprint density at radius 3 is 1.35 bits per heavy atom. The van der Waals surface area contributed by atoms with Crippen LogP contribution in [0.2, 0.25) is 0 Å². The highest BCUT2D eigenvalue weighted by Crippen LogP contribution is 2.35. The number of allylic oxidation sites excluding steroid dienone is 2. The molecule has 6 aromatic heterocycles. The van der Waals surface area contributed by atoms with Crippen molar-refractivity contribution in [3.8, 4) is 35.3 Å². The maximum atomic E-state index is 13.8. The van der Waals surface area contributed by atoms with E-state index in [1.807, 2.05) is 60.7 Å². The summed E-state index contributed by atoms with van der Waals surface area (Å²) in [6, 6.07) is 23.3. The number of ketones is 2. The number of methoxy groups -OCH3 is 2. The summed E-state index contributed by atoms with van der Waals surface area (Å²) < 4.78 is 24.8. The van der Waals surface area contributed by atoms with Crippen molar-refractivity contribution >= 4 is 68.1 Å². The number of pyridine rings is 2. The maximum Gasteiger partial charge on any atom is 0.295 e. The molecule has 0 atom stereocenters. The van der Waals surface area contributed by atoms with Gasteiger partial charge in [-0.15, -0.1) is 10.2 Å². The normalized spacial score (nSPS) is 13.3. The van der Waals surface area contributed by atoms with Crippen LogP contribution in [-0.2, 0) is 41.9 Å². The summed E-state index contributed by atoms with van der Waals surface area (Å²) >= 11 is 0. The molecule has 0 bridgehead atoms. The van der Waals surface area contributed by atoms with Gasteiger partial charge in [0.15, 0.2) is 23.3 Å². The predicted octanol–water partition coefficient (Wildman–Crippen LogP) is 4.11. The summed E-state index contributed by atoms with van der Waals surface area (Å²) in [6.07, 6.45) is 10.2. The number of likely N-dealkylation sites (tertiary alicyclic amines) is 2. The Bertz CT molecular complexity index is 3690. The van der Waals surface area contributed by atoms with Crippen LogP contribution in [0, 0.1) is 22.7 Å². The maximum absolute atomic E-state index is 13.8. The van der Waals surface area contributed by atoms with E-state index in [9.17, 15) is 39.3 Å². The van der Waals surface area contributed by atoms with E-state index in [0.29, 0.717) is 58.6 Å². The van der Waals surface area contributed by atoms with E-state index in [2.05, 4.69) is 62.9 Å². The molecule has 83 heavy (non-hydrogen) atoms. The molecule has 0 aliphatic carbocycles. The molecule has 420 valence electrons. The van der Waals surface area contributed by atoms with E-state index in [0.717, 1.165) is 22.3 Å². The van der Waals surface area contributed by atoms with Gasteiger partial charge in [0.2, 0.25) is 11.8 Å². The third-order valence-electron chi connectivity index (χ3n) is 14.0. The lowest BCUT2D eigenvalue weighted by molar-refractivity contribution is -0.128. The number of ether oxygens (including phenoxy) is 4. The molecule has 0 radical (unpaired) electrons. The minimum Gasteiger partial charge on any atom is -0.494 e. The van der Waals surface area contributed by atoms with Crippen LogP contribution in [0.1, 0.15) is 69.2 Å². The van der Waals surface area contributed by atoms with Crippen molar-refractivity contribution in [1.82, 2.24) is 69.9 Å². The molecule has 26 heteroatoms. The first-order chi connectivity index (χ1) is 40.5. The van der Waals surface area contributed by atoms with Crippen molar-refractivity contribution in [2.75, 3.05) is 60.3 Å². The first-order valence-electron chi connectivity index (χ1n) is 26.1. The number of hydrogen-bond acceptors (Lipinski definition) is 18. The summed E-state index contributed by atoms with van der Waals surface area (Å²) in [5.41, 5.74) is 5.51. The van der Waals surface area contributed by atoms with Gasteiger partial charge in [0.05, 0.1) is 89.5 Å². The molecule has 2 aromatic carbocycles. The fourth-order valence-corrected chi connectivity index (χ4v) is 9.85. The number of rotatable bonds is 20. The highest BCUT2D eigenvalue weighted by Gasteiger charge is 2.33. The highest BCUT2D eigenvalue weighted by molar-refractivity contribution is 6.46.